The Morgan fingerprint density at radius 1 is 1.03 bits per heavy atom. The average molecular weight is 468 g/mol. The van der Waals surface area contributed by atoms with E-state index in [1.807, 2.05) is 11.8 Å². The Hall–Kier alpha value is -1.72. The van der Waals surface area contributed by atoms with Gasteiger partial charge >= 0.3 is 0 Å². The fraction of sp³-hybridized carbons (Fsp3) is 0.682. The molecule has 3 rings (SSSR count). The van der Waals surface area contributed by atoms with Crippen LogP contribution in [0.1, 0.15) is 13.3 Å². The predicted molar refractivity (Wildman–Crippen MR) is 124 cm³/mol. The molecule has 0 radical (unpaired) electrons. The monoisotopic (exact) mass is 467 g/mol. The molecule has 0 saturated carbocycles. The average Bonchev–Trinajstić information content (AvgIpc) is 2.81. The van der Waals surface area contributed by atoms with Gasteiger partial charge in [0, 0.05) is 78.4 Å². The van der Waals surface area contributed by atoms with E-state index in [0.717, 1.165) is 39.3 Å². The van der Waals surface area contributed by atoms with Crippen molar-refractivity contribution in [3.05, 3.63) is 24.3 Å². The molecule has 32 heavy (non-hydrogen) atoms. The quantitative estimate of drug-likeness (QED) is 0.524. The highest BCUT2D eigenvalue weighted by Crippen LogP contribution is 2.20. The Labute approximate surface area is 192 Å². The molecule has 0 aliphatic carbocycles. The number of rotatable bonds is 10. The smallest absolute Gasteiger partial charge is 0.243 e. The van der Waals surface area contributed by atoms with Gasteiger partial charge in [-0.1, -0.05) is 0 Å². The van der Waals surface area contributed by atoms with Gasteiger partial charge < -0.3 is 19.9 Å². The number of sulfonamides is 1. The molecule has 2 heterocycles. The van der Waals surface area contributed by atoms with Crippen molar-refractivity contribution in [3.8, 4) is 5.75 Å². The second-order valence-corrected chi connectivity index (χ2v) is 10.3. The Morgan fingerprint density at radius 2 is 1.69 bits per heavy atom. The van der Waals surface area contributed by atoms with Crippen LogP contribution in [0.25, 0.3) is 0 Å². The fourth-order valence-electron chi connectivity index (χ4n) is 3.99. The molecule has 1 aromatic carbocycles. The van der Waals surface area contributed by atoms with E-state index in [-0.39, 0.29) is 23.8 Å². The first-order valence-corrected chi connectivity index (χ1v) is 13.0. The first kappa shape index (κ1) is 24.9. The summed E-state index contributed by atoms with van der Waals surface area (Å²) < 4.78 is 33.8. The van der Waals surface area contributed by atoms with Gasteiger partial charge in [0.25, 0.3) is 0 Å². The maximum absolute atomic E-state index is 13.4. The van der Waals surface area contributed by atoms with Crippen LogP contribution in [0.5, 0.6) is 5.75 Å². The molecule has 10 heteroatoms. The summed E-state index contributed by atoms with van der Waals surface area (Å²) in [6, 6.07) is 6.53. The van der Waals surface area contributed by atoms with Crippen LogP contribution in [0.4, 0.5) is 0 Å². The standard InChI is InChI=1S/C22H37N5O4S/c1-3-31-20-4-6-21(7-5-20)32(29,30)27(19-18-25-16-14-24(2)15-17-25)11-8-22(28)26-12-9-23-10-13-26/h4-7,23H,3,8-19H2,1-2H3. The van der Waals surface area contributed by atoms with Gasteiger partial charge in [0.15, 0.2) is 0 Å². The number of hydrogen-bond donors (Lipinski definition) is 1. The lowest BCUT2D eigenvalue weighted by atomic mass is 10.3. The number of hydrogen-bond acceptors (Lipinski definition) is 7. The number of carbonyl (C=O) groups excluding carboxylic acids is 1. The van der Waals surface area contributed by atoms with E-state index in [2.05, 4.69) is 22.2 Å². The van der Waals surface area contributed by atoms with E-state index in [4.69, 9.17) is 4.74 Å². The van der Waals surface area contributed by atoms with Gasteiger partial charge in [0.05, 0.1) is 11.5 Å². The van der Waals surface area contributed by atoms with Crippen LogP contribution in [-0.2, 0) is 14.8 Å². The van der Waals surface area contributed by atoms with Gasteiger partial charge in [-0.05, 0) is 38.2 Å². The maximum atomic E-state index is 13.4. The summed E-state index contributed by atoms with van der Waals surface area (Å²) in [6.45, 7) is 10.3. The Bertz CT molecular complexity index is 819. The molecule has 1 aromatic rings. The molecular formula is C22H37N5O4S. The predicted octanol–water partition coefficient (Wildman–Crippen LogP) is 0.145. The van der Waals surface area contributed by atoms with Crippen LogP contribution in [0.3, 0.4) is 0 Å². The third-order valence-electron chi connectivity index (χ3n) is 6.08. The van der Waals surface area contributed by atoms with Crippen LogP contribution >= 0.6 is 0 Å². The molecule has 2 aliphatic heterocycles. The number of ether oxygens (including phenoxy) is 1. The van der Waals surface area contributed by atoms with E-state index >= 15 is 0 Å². The van der Waals surface area contributed by atoms with Crippen molar-refractivity contribution in [3.63, 3.8) is 0 Å². The topological polar surface area (TPSA) is 85.4 Å². The molecule has 0 aromatic heterocycles. The third kappa shape index (κ3) is 6.89. The molecule has 1 N–H and O–H groups in total. The number of likely N-dealkylation sites (N-methyl/N-ethyl adjacent to an activating group) is 1. The Balaban J connectivity index is 1.68. The molecule has 2 aliphatic rings. The largest absolute Gasteiger partial charge is 0.494 e. The Kier molecular flexibility index (Phi) is 9.30. The van der Waals surface area contributed by atoms with E-state index in [0.29, 0.717) is 38.5 Å². The molecule has 0 unspecified atom stereocenters. The molecular weight excluding hydrogens is 430 g/mol. The minimum atomic E-state index is -3.71. The number of nitrogens with zero attached hydrogens (tertiary/aromatic N) is 4. The summed E-state index contributed by atoms with van der Waals surface area (Å²) in [5.74, 6) is 0.655. The molecule has 1 amide bonds. The van der Waals surface area contributed by atoms with Gasteiger partial charge in [0.2, 0.25) is 15.9 Å². The van der Waals surface area contributed by atoms with E-state index in [1.165, 1.54) is 4.31 Å². The zero-order valence-electron chi connectivity index (χ0n) is 19.3. The van der Waals surface area contributed by atoms with Crippen molar-refractivity contribution < 1.29 is 17.9 Å². The number of benzene rings is 1. The van der Waals surface area contributed by atoms with Crippen molar-refractivity contribution in [2.75, 3.05) is 85.6 Å². The summed E-state index contributed by atoms with van der Waals surface area (Å²) in [6.07, 6.45) is 0.193. The summed E-state index contributed by atoms with van der Waals surface area (Å²) in [5, 5.41) is 3.23. The van der Waals surface area contributed by atoms with E-state index < -0.39 is 10.0 Å². The summed E-state index contributed by atoms with van der Waals surface area (Å²) in [5.41, 5.74) is 0. The molecule has 180 valence electrons. The minimum Gasteiger partial charge on any atom is -0.494 e. The lowest BCUT2D eigenvalue weighted by molar-refractivity contribution is -0.131. The minimum absolute atomic E-state index is 0.0120. The zero-order chi connectivity index (χ0) is 23.0. The molecule has 2 fully saturated rings. The normalized spacial score (nSPS) is 18.8. The number of nitrogens with one attached hydrogen (secondary N) is 1. The molecule has 2 saturated heterocycles. The lowest BCUT2D eigenvalue weighted by Crippen LogP contribution is -2.49. The molecule has 9 nitrogen and oxygen atoms in total. The van der Waals surface area contributed by atoms with Crippen LogP contribution in [0.2, 0.25) is 0 Å². The fourth-order valence-corrected chi connectivity index (χ4v) is 5.42. The van der Waals surface area contributed by atoms with Crippen molar-refractivity contribution in [2.24, 2.45) is 0 Å². The number of piperazine rings is 2. The summed E-state index contributed by atoms with van der Waals surface area (Å²) in [7, 11) is -1.61. The Morgan fingerprint density at radius 3 is 2.31 bits per heavy atom. The number of carbonyl (C=O) groups is 1. The van der Waals surface area contributed by atoms with E-state index in [9.17, 15) is 13.2 Å². The van der Waals surface area contributed by atoms with Gasteiger partial charge in [-0.2, -0.15) is 4.31 Å². The van der Waals surface area contributed by atoms with Crippen molar-refractivity contribution >= 4 is 15.9 Å². The van der Waals surface area contributed by atoms with Crippen molar-refractivity contribution in [1.29, 1.82) is 0 Å². The first-order valence-electron chi connectivity index (χ1n) is 11.5. The highest BCUT2D eigenvalue weighted by molar-refractivity contribution is 7.89. The van der Waals surface area contributed by atoms with Crippen molar-refractivity contribution in [1.82, 2.24) is 24.3 Å². The maximum Gasteiger partial charge on any atom is 0.243 e. The highest BCUT2D eigenvalue weighted by Gasteiger charge is 2.27. The van der Waals surface area contributed by atoms with Gasteiger partial charge in [-0.25, -0.2) is 8.42 Å². The first-order chi connectivity index (χ1) is 15.4. The molecule has 0 spiro atoms. The highest BCUT2D eigenvalue weighted by atomic mass is 32.2. The van der Waals surface area contributed by atoms with Gasteiger partial charge in [-0.3, -0.25) is 9.69 Å². The summed E-state index contributed by atoms with van der Waals surface area (Å²) >= 11 is 0. The van der Waals surface area contributed by atoms with E-state index in [1.54, 1.807) is 24.3 Å². The van der Waals surface area contributed by atoms with Gasteiger partial charge in [0.1, 0.15) is 5.75 Å². The second-order valence-electron chi connectivity index (χ2n) is 8.33. The SMILES string of the molecule is CCOc1ccc(S(=O)(=O)N(CCC(=O)N2CCNCC2)CCN2CCN(C)CC2)cc1. The molecule has 0 atom stereocenters. The third-order valence-corrected chi connectivity index (χ3v) is 7.99. The lowest BCUT2D eigenvalue weighted by Gasteiger charge is -2.34. The number of amides is 1. The second kappa shape index (κ2) is 11.9. The van der Waals surface area contributed by atoms with Crippen LogP contribution < -0.4 is 10.1 Å². The zero-order valence-corrected chi connectivity index (χ0v) is 20.1. The van der Waals surface area contributed by atoms with Gasteiger partial charge in [-0.15, -0.1) is 0 Å². The van der Waals surface area contributed by atoms with Crippen LogP contribution in [0, 0.1) is 0 Å². The van der Waals surface area contributed by atoms with Crippen LogP contribution in [0.15, 0.2) is 29.2 Å². The summed E-state index contributed by atoms with van der Waals surface area (Å²) in [4.78, 5) is 19.3. The van der Waals surface area contributed by atoms with Crippen molar-refractivity contribution in [2.45, 2.75) is 18.2 Å². The van der Waals surface area contributed by atoms with Crippen LogP contribution in [-0.4, -0.2) is 119 Å². The molecule has 0 bridgehead atoms.